The lowest BCUT2D eigenvalue weighted by Crippen LogP contribution is -2.39. The molecular weight excluding hydrogens is 338 g/mol. The van der Waals surface area contributed by atoms with Gasteiger partial charge in [-0.1, -0.05) is 29.8 Å². The summed E-state index contributed by atoms with van der Waals surface area (Å²) in [5.41, 5.74) is 4.37. The van der Waals surface area contributed by atoms with Crippen LogP contribution in [-0.4, -0.2) is 23.6 Å². The molecule has 4 nitrogen and oxygen atoms in total. The largest absolute Gasteiger partial charge is 0.459 e. The van der Waals surface area contributed by atoms with Gasteiger partial charge in [0.15, 0.2) is 0 Å². The molecule has 1 heterocycles. The molecule has 2 saturated carbocycles. The van der Waals surface area contributed by atoms with Gasteiger partial charge in [0.05, 0.1) is 11.5 Å². The number of Topliss-reactive ketones (excluding diaryl/α,β-unsaturated/α-hetero) is 1. The zero-order chi connectivity index (χ0) is 19.0. The molecule has 4 heteroatoms. The van der Waals surface area contributed by atoms with Crippen LogP contribution >= 0.6 is 0 Å². The second-order valence-corrected chi connectivity index (χ2v) is 8.10. The molecular formula is C23H27NO3. The molecule has 142 valence electrons. The van der Waals surface area contributed by atoms with Crippen molar-refractivity contribution in [1.82, 2.24) is 0 Å². The number of nitrogens with zero attached hydrogens (tertiary/aromatic N) is 1. The van der Waals surface area contributed by atoms with Crippen LogP contribution < -0.4 is 0 Å². The van der Waals surface area contributed by atoms with Gasteiger partial charge < -0.3 is 4.74 Å². The van der Waals surface area contributed by atoms with Crippen molar-refractivity contribution in [2.45, 2.75) is 70.8 Å². The number of ketones is 1. The number of hydrogen-bond acceptors (Lipinski definition) is 4. The predicted octanol–water partition coefficient (Wildman–Crippen LogP) is 4.66. The highest BCUT2D eigenvalue weighted by Gasteiger charge is 2.44. The summed E-state index contributed by atoms with van der Waals surface area (Å²) in [4.78, 5) is 30.7. The Kier molecular flexibility index (Phi) is 4.98. The molecule has 27 heavy (non-hydrogen) atoms. The van der Waals surface area contributed by atoms with Crippen molar-refractivity contribution in [1.29, 1.82) is 0 Å². The van der Waals surface area contributed by atoms with Gasteiger partial charge in [0, 0.05) is 23.7 Å². The van der Waals surface area contributed by atoms with Crippen LogP contribution in [0.25, 0.3) is 0 Å². The highest BCUT2D eigenvalue weighted by atomic mass is 16.5. The number of rotatable bonds is 3. The van der Waals surface area contributed by atoms with Gasteiger partial charge in [0.25, 0.3) is 0 Å². The normalized spacial score (nSPS) is 26.0. The van der Waals surface area contributed by atoms with Crippen molar-refractivity contribution in [3.63, 3.8) is 0 Å². The van der Waals surface area contributed by atoms with Crippen LogP contribution in [0.5, 0.6) is 0 Å². The van der Waals surface area contributed by atoms with E-state index >= 15 is 0 Å². The molecule has 1 aromatic rings. The molecule has 0 N–H and O–H groups in total. The highest BCUT2D eigenvalue weighted by molar-refractivity contribution is 6.11. The standard InChI is InChI=1S/C23H27NO3/c1-14-7-5-8-16(13-14)21-20(23(26)27-17-9-3-4-10-17)15(2)24-18-11-6-12-19(25)22(18)21/h5,7-8,13,17,21-22H,3-4,6,9-12H2,1-2H3/t21-,22?/m0/s1. The van der Waals surface area contributed by atoms with E-state index in [-0.39, 0.29) is 29.7 Å². The van der Waals surface area contributed by atoms with E-state index in [1.807, 2.05) is 32.0 Å². The van der Waals surface area contributed by atoms with E-state index in [2.05, 4.69) is 6.07 Å². The zero-order valence-electron chi connectivity index (χ0n) is 16.2. The molecule has 2 aliphatic carbocycles. The number of esters is 1. The lowest BCUT2D eigenvalue weighted by molar-refractivity contribution is -0.144. The fourth-order valence-corrected chi connectivity index (χ4v) is 4.83. The molecule has 2 fully saturated rings. The molecule has 4 rings (SSSR count). The minimum absolute atomic E-state index is 0.00314. The number of aliphatic imine (C=N–C) groups is 1. The van der Waals surface area contributed by atoms with Crippen molar-refractivity contribution in [2.24, 2.45) is 10.9 Å². The fraction of sp³-hybridized carbons (Fsp3) is 0.522. The molecule has 0 bridgehead atoms. The van der Waals surface area contributed by atoms with Gasteiger partial charge in [-0.25, -0.2) is 4.79 Å². The number of carbonyl (C=O) groups is 2. The second-order valence-electron chi connectivity index (χ2n) is 8.10. The first-order valence-corrected chi connectivity index (χ1v) is 10.1. The van der Waals surface area contributed by atoms with Gasteiger partial charge >= 0.3 is 5.97 Å². The third-order valence-corrected chi connectivity index (χ3v) is 6.10. The van der Waals surface area contributed by atoms with Crippen molar-refractivity contribution in [2.75, 3.05) is 0 Å². The molecule has 0 saturated heterocycles. The topological polar surface area (TPSA) is 55.7 Å². The summed E-state index contributed by atoms with van der Waals surface area (Å²) in [6, 6.07) is 8.15. The highest BCUT2D eigenvalue weighted by Crippen LogP contribution is 2.43. The first-order valence-electron chi connectivity index (χ1n) is 10.1. The fourth-order valence-electron chi connectivity index (χ4n) is 4.83. The van der Waals surface area contributed by atoms with Crippen LogP contribution in [-0.2, 0) is 14.3 Å². The van der Waals surface area contributed by atoms with E-state index in [0.717, 1.165) is 55.4 Å². The molecule has 1 aromatic carbocycles. The molecule has 3 aliphatic rings. The van der Waals surface area contributed by atoms with Crippen molar-refractivity contribution >= 4 is 17.5 Å². The number of benzene rings is 1. The number of fused-ring (bicyclic) bond motifs is 1. The summed E-state index contributed by atoms with van der Waals surface area (Å²) in [6.45, 7) is 3.92. The average Bonchev–Trinajstić information content (AvgIpc) is 3.13. The van der Waals surface area contributed by atoms with Gasteiger partial charge in [-0.15, -0.1) is 0 Å². The third kappa shape index (κ3) is 3.50. The van der Waals surface area contributed by atoms with E-state index in [4.69, 9.17) is 9.73 Å². The number of hydrogen-bond donors (Lipinski definition) is 0. The van der Waals surface area contributed by atoms with Crippen molar-refractivity contribution < 1.29 is 14.3 Å². The van der Waals surface area contributed by atoms with Gasteiger partial charge in [0.2, 0.25) is 0 Å². The minimum atomic E-state index is -0.324. The summed E-state index contributed by atoms with van der Waals surface area (Å²) in [7, 11) is 0. The zero-order valence-corrected chi connectivity index (χ0v) is 16.2. The summed E-state index contributed by atoms with van der Waals surface area (Å²) in [5, 5.41) is 0. The van der Waals surface area contributed by atoms with E-state index in [1.165, 1.54) is 0 Å². The molecule has 1 aliphatic heterocycles. The molecule has 0 radical (unpaired) electrons. The second kappa shape index (κ2) is 7.41. The molecule has 2 atom stereocenters. The Balaban J connectivity index is 1.77. The van der Waals surface area contributed by atoms with E-state index < -0.39 is 0 Å². The van der Waals surface area contributed by atoms with Crippen LogP contribution in [0, 0.1) is 12.8 Å². The molecule has 1 unspecified atom stereocenters. The maximum atomic E-state index is 13.2. The maximum absolute atomic E-state index is 13.2. The van der Waals surface area contributed by atoms with Crippen molar-refractivity contribution in [3.05, 3.63) is 46.7 Å². The summed E-state index contributed by atoms with van der Waals surface area (Å²) in [5.74, 6) is -0.688. The molecule has 0 amide bonds. The Labute approximate surface area is 160 Å². The summed E-state index contributed by atoms with van der Waals surface area (Å²) >= 11 is 0. The average molecular weight is 365 g/mol. The third-order valence-electron chi connectivity index (χ3n) is 6.10. The first-order chi connectivity index (χ1) is 13.0. The van der Waals surface area contributed by atoms with Crippen LogP contribution in [0.3, 0.4) is 0 Å². The Morgan fingerprint density at radius 1 is 1.07 bits per heavy atom. The SMILES string of the molecule is CC1=C(C(=O)OC2CCCC2)[C@H](c2cccc(C)c2)C2C(=O)CCCC2=N1. The Hall–Kier alpha value is -2.23. The van der Waals surface area contributed by atoms with Gasteiger partial charge in [-0.05, 0) is 57.9 Å². The summed E-state index contributed by atoms with van der Waals surface area (Å²) < 4.78 is 5.84. The lowest BCUT2D eigenvalue weighted by atomic mass is 9.69. The summed E-state index contributed by atoms with van der Waals surface area (Å²) in [6.07, 6.45) is 6.35. The van der Waals surface area contributed by atoms with E-state index in [0.29, 0.717) is 17.7 Å². The van der Waals surface area contributed by atoms with Crippen LogP contribution in [0.1, 0.15) is 68.9 Å². The van der Waals surface area contributed by atoms with E-state index in [9.17, 15) is 9.59 Å². The quantitative estimate of drug-likeness (QED) is 0.732. The molecule has 0 aromatic heterocycles. The van der Waals surface area contributed by atoms with Crippen LogP contribution in [0.4, 0.5) is 0 Å². The number of allylic oxidation sites excluding steroid dienone is 1. The smallest absolute Gasteiger partial charge is 0.336 e. The Morgan fingerprint density at radius 3 is 2.59 bits per heavy atom. The van der Waals surface area contributed by atoms with E-state index in [1.54, 1.807) is 0 Å². The minimum Gasteiger partial charge on any atom is -0.459 e. The Bertz CT molecular complexity index is 830. The van der Waals surface area contributed by atoms with Crippen molar-refractivity contribution in [3.8, 4) is 0 Å². The maximum Gasteiger partial charge on any atom is 0.336 e. The Morgan fingerprint density at radius 2 is 1.85 bits per heavy atom. The van der Waals surface area contributed by atoms with Gasteiger partial charge in [0.1, 0.15) is 11.9 Å². The lowest BCUT2D eigenvalue weighted by Gasteiger charge is -2.36. The van der Waals surface area contributed by atoms with Crippen LogP contribution in [0.15, 0.2) is 40.5 Å². The number of ether oxygens (including phenoxy) is 1. The number of carbonyl (C=O) groups excluding carboxylic acids is 2. The van der Waals surface area contributed by atoms with Gasteiger partial charge in [-0.2, -0.15) is 0 Å². The number of aryl methyl sites for hydroxylation is 1. The monoisotopic (exact) mass is 365 g/mol. The molecule has 0 spiro atoms. The predicted molar refractivity (Wildman–Crippen MR) is 105 cm³/mol. The first kappa shape index (κ1) is 18.1. The van der Waals surface area contributed by atoms with Gasteiger partial charge in [-0.3, -0.25) is 9.79 Å². The van der Waals surface area contributed by atoms with Crippen LogP contribution in [0.2, 0.25) is 0 Å².